The molecule has 1 N–H and O–H groups in total. The predicted molar refractivity (Wildman–Crippen MR) is 101 cm³/mol. The molecular formula is C21H20N2O5. The fourth-order valence-corrected chi connectivity index (χ4v) is 2.82. The SMILES string of the molecule is C[C@@H](OC(=O)c1ccc(N2C(=O)CCC2=O)cc1)C(=O)NCc1ccccc1. The van der Waals surface area contributed by atoms with Gasteiger partial charge in [0.2, 0.25) is 11.8 Å². The van der Waals surface area contributed by atoms with Gasteiger partial charge in [0, 0.05) is 19.4 Å². The van der Waals surface area contributed by atoms with Crippen LogP contribution in [0, 0.1) is 0 Å². The highest BCUT2D eigenvalue weighted by Gasteiger charge is 2.30. The molecule has 0 radical (unpaired) electrons. The average Bonchev–Trinajstić information content (AvgIpc) is 3.05. The number of imide groups is 1. The van der Waals surface area contributed by atoms with Gasteiger partial charge in [0.1, 0.15) is 0 Å². The van der Waals surface area contributed by atoms with Crippen molar-refractivity contribution < 1.29 is 23.9 Å². The van der Waals surface area contributed by atoms with Crippen molar-refractivity contribution in [3.63, 3.8) is 0 Å². The van der Waals surface area contributed by atoms with E-state index in [2.05, 4.69) is 5.32 Å². The first-order chi connectivity index (χ1) is 13.5. The Morgan fingerprint density at radius 3 is 2.21 bits per heavy atom. The van der Waals surface area contributed by atoms with Gasteiger partial charge in [0.25, 0.3) is 5.91 Å². The van der Waals surface area contributed by atoms with Crippen molar-refractivity contribution >= 4 is 29.4 Å². The summed E-state index contributed by atoms with van der Waals surface area (Å²) in [7, 11) is 0. The summed E-state index contributed by atoms with van der Waals surface area (Å²) >= 11 is 0. The zero-order valence-electron chi connectivity index (χ0n) is 15.4. The minimum Gasteiger partial charge on any atom is -0.449 e. The zero-order valence-corrected chi connectivity index (χ0v) is 15.4. The molecule has 1 aliphatic rings. The summed E-state index contributed by atoms with van der Waals surface area (Å²) in [6, 6.07) is 15.3. The van der Waals surface area contributed by atoms with Crippen molar-refractivity contribution in [3.05, 3.63) is 65.7 Å². The van der Waals surface area contributed by atoms with Crippen LogP contribution in [0.25, 0.3) is 0 Å². The molecule has 0 saturated carbocycles. The molecule has 0 aliphatic carbocycles. The Labute approximate surface area is 162 Å². The molecule has 3 amide bonds. The van der Waals surface area contributed by atoms with Crippen LogP contribution >= 0.6 is 0 Å². The van der Waals surface area contributed by atoms with Crippen LogP contribution in [0.5, 0.6) is 0 Å². The third kappa shape index (κ3) is 4.43. The van der Waals surface area contributed by atoms with Gasteiger partial charge in [0.05, 0.1) is 11.3 Å². The lowest BCUT2D eigenvalue weighted by Crippen LogP contribution is -2.35. The summed E-state index contributed by atoms with van der Waals surface area (Å²) in [5.41, 5.74) is 1.58. The molecule has 2 aromatic rings. The third-order valence-corrected chi connectivity index (χ3v) is 4.38. The summed E-state index contributed by atoms with van der Waals surface area (Å²) in [5, 5.41) is 2.71. The van der Waals surface area contributed by atoms with Gasteiger partial charge in [-0.05, 0) is 36.8 Å². The molecule has 0 aromatic heterocycles. The van der Waals surface area contributed by atoms with E-state index in [0.29, 0.717) is 12.2 Å². The van der Waals surface area contributed by atoms with Crippen LogP contribution in [0.1, 0.15) is 35.7 Å². The number of carbonyl (C=O) groups excluding carboxylic acids is 4. The summed E-state index contributed by atoms with van der Waals surface area (Å²) < 4.78 is 5.20. The molecule has 1 fully saturated rings. The van der Waals surface area contributed by atoms with E-state index < -0.39 is 18.0 Å². The average molecular weight is 380 g/mol. The maximum absolute atomic E-state index is 12.2. The molecule has 7 nitrogen and oxygen atoms in total. The van der Waals surface area contributed by atoms with Gasteiger partial charge < -0.3 is 10.1 Å². The van der Waals surface area contributed by atoms with E-state index in [-0.39, 0.29) is 30.2 Å². The molecule has 28 heavy (non-hydrogen) atoms. The Morgan fingerprint density at radius 1 is 1.00 bits per heavy atom. The topological polar surface area (TPSA) is 92.8 Å². The Hall–Kier alpha value is -3.48. The molecule has 1 atom stereocenters. The van der Waals surface area contributed by atoms with E-state index in [9.17, 15) is 19.2 Å². The summed E-state index contributed by atoms with van der Waals surface area (Å²) in [6.45, 7) is 1.84. The Morgan fingerprint density at radius 2 is 1.61 bits per heavy atom. The fourth-order valence-electron chi connectivity index (χ4n) is 2.82. The van der Waals surface area contributed by atoms with Crippen LogP contribution in [0.2, 0.25) is 0 Å². The highest BCUT2D eigenvalue weighted by molar-refractivity contribution is 6.19. The van der Waals surface area contributed by atoms with Crippen LogP contribution in [0.4, 0.5) is 5.69 Å². The molecular weight excluding hydrogens is 360 g/mol. The van der Waals surface area contributed by atoms with Crippen LogP contribution in [0.15, 0.2) is 54.6 Å². The van der Waals surface area contributed by atoms with Gasteiger partial charge in [-0.3, -0.25) is 19.3 Å². The van der Waals surface area contributed by atoms with Gasteiger partial charge in [-0.2, -0.15) is 0 Å². The summed E-state index contributed by atoms with van der Waals surface area (Å²) in [5.74, 6) is -1.58. The standard InChI is InChI=1S/C21H20N2O5/c1-14(20(26)22-13-15-5-3-2-4-6-15)28-21(27)16-7-9-17(10-8-16)23-18(24)11-12-19(23)25/h2-10,14H,11-13H2,1H3,(H,22,26)/t14-/m1/s1. The van der Waals surface area contributed by atoms with E-state index in [1.165, 1.54) is 31.2 Å². The molecule has 1 heterocycles. The normalized spacial score (nSPS) is 14.7. The number of hydrogen-bond acceptors (Lipinski definition) is 5. The van der Waals surface area contributed by atoms with Crippen molar-refractivity contribution in [2.24, 2.45) is 0 Å². The molecule has 1 saturated heterocycles. The minimum atomic E-state index is -0.961. The van der Waals surface area contributed by atoms with Crippen molar-refractivity contribution in [3.8, 4) is 0 Å². The molecule has 2 aromatic carbocycles. The van der Waals surface area contributed by atoms with Crippen molar-refractivity contribution in [2.75, 3.05) is 4.90 Å². The third-order valence-electron chi connectivity index (χ3n) is 4.38. The number of anilines is 1. The Balaban J connectivity index is 1.55. The van der Waals surface area contributed by atoms with Gasteiger partial charge in [-0.25, -0.2) is 4.79 Å². The van der Waals surface area contributed by atoms with Crippen LogP contribution in [0.3, 0.4) is 0 Å². The Bertz CT molecular complexity index is 877. The monoisotopic (exact) mass is 380 g/mol. The number of rotatable bonds is 6. The number of carbonyl (C=O) groups is 4. The number of hydrogen-bond donors (Lipinski definition) is 1. The smallest absolute Gasteiger partial charge is 0.338 e. The molecule has 7 heteroatoms. The van der Waals surface area contributed by atoms with Crippen molar-refractivity contribution in [1.82, 2.24) is 5.32 Å². The second-order valence-corrected chi connectivity index (χ2v) is 6.42. The molecule has 1 aliphatic heterocycles. The molecule has 3 rings (SSSR count). The molecule has 0 unspecified atom stereocenters. The van der Waals surface area contributed by atoms with Crippen molar-refractivity contribution in [2.45, 2.75) is 32.4 Å². The van der Waals surface area contributed by atoms with E-state index >= 15 is 0 Å². The lowest BCUT2D eigenvalue weighted by molar-refractivity contribution is -0.129. The first-order valence-corrected chi connectivity index (χ1v) is 8.94. The fraction of sp³-hybridized carbons (Fsp3) is 0.238. The number of ether oxygens (including phenoxy) is 1. The van der Waals surface area contributed by atoms with Gasteiger partial charge in [0.15, 0.2) is 6.10 Å². The highest BCUT2D eigenvalue weighted by atomic mass is 16.5. The minimum absolute atomic E-state index is 0.193. The summed E-state index contributed by atoms with van der Waals surface area (Å²) in [4.78, 5) is 49.0. The first-order valence-electron chi connectivity index (χ1n) is 8.94. The lowest BCUT2D eigenvalue weighted by atomic mass is 10.2. The van der Waals surface area contributed by atoms with Crippen LogP contribution < -0.4 is 10.2 Å². The van der Waals surface area contributed by atoms with Gasteiger partial charge >= 0.3 is 5.97 Å². The van der Waals surface area contributed by atoms with E-state index in [1.807, 2.05) is 30.3 Å². The molecule has 144 valence electrons. The first kappa shape index (κ1) is 19.3. The summed E-state index contributed by atoms with van der Waals surface area (Å²) in [6.07, 6.45) is -0.575. The number of nitrogens with one attached hydrogen (secondary N) is 1. The van der Waals surface area contributed by atoms with E-state index in [1.54, 1.807) is 0 Å². The van der Waals surface area contributed by atoms with Crippen LogP contribution in [-0.2, 0) is 25.7 Å². The number of amides is 3. The maximum Gasteiger partial charge on any atom is 0.338 e. The van der Waals surface area contributed by atoms with E-state index in [4.69, 9.17) is 4.74 Å². The second-order valence-electron chi connectivity index (χ2n) is 6.42. The number of benzene rings is 2. The largest absolute Gasteiger partial charge is 0.449 e. The Kier molecular flexibility index (Phi) is 5.84. The molecule has 0 spiro atoms. The number of esters is 1. The van der Waals surface area contributed by atoms with Crippen LogP contribution in [-0.4, -0.2) is 29.8 Å². The predicted octanol–water partition coefficient (Wildman–Crippen LogP) is 2.20. The van der Waals surface area contributed by atoms with Crippen molar-refractivity contribution in [1.29, 1.82) is 0 Å². The second kappa shape index (κ2) is 8.47. The zero-order chi connectivity index (χ0) is 20.1. The number of nitrogens with zero attached hydrogens (tertiary/aromatic N) is 1. The maximum atomic E-state index is 12.2. The molecule has 0 bridgehead atoms. The lowest BCUT2D eigenvalue weighted by Gasteiger charge is -2.15. The van der Waals surface area contributed by atoms with E-state index in [0.717, 1.165) is 10.5 Å². The highest BCUT2D eigenvalue weighted by Crippen LogP contribution is 2.23. The quantitative estimate of drug-likeness (QED) is 0.613. The van der Waals surface area contributed by atoms with Gasteiger partial charge in [-0.1, -0.05) is 30.3 Å². The van der Waals surface area contributed by atoms with Gasteiger partial charge in [-0.15, -0.1) is 0 Å².